The highest BCUT2D eigenvalue weighted by Crippen LogP contribution is 2.27. The minimum absolute atomic E-state index is 0.0733. The molecule has 0 spiro atoms. The number of likely N-dealkylation sites (tertiary alicyclic amines) is 1. The lowest BCUT2D eigenvalue weighted by molar-refractivity contribution is -0.127. The van der Waals surface area contributed by atoms with Gasteiger partial charge in [0.2, 0.25) is 17.6 Å². The quantitative estimate of drug-likeness (QED) is 0.346. The summed E-state index contributed by atoms with van der Waals surface area (Å²) in [5, 5.41) is 8.13. The van der Waals surface area contributed by atoms with Gasteiger partial charge in [0.25, 0.3) is 0 Å². The van der Waals surface area contributed by atoms with E-state index in [-0.39, 0.29) is 17.9 Å². The Bertz CT molecular complexity index is 1310. The van der Waals surface area contributed by atoms with Crippen LogP contribution in [-0.4, -0.2) is 34.0 Å². The summed E-state index contributed by atoms with van der Waals surface area (Å²) in [7, 11) is 0. The molecule has 2 heterocycles. The van der Waals surface area contributed by atoms with Gasteiger partial charge in [0.1, 0.15) is 0 Å². The van der Waals surface area contributed by atoms with E-state index in [9.17, 15) is 4.79 Å². The van der Waals surface area contributed by atoms with Gasteiger partial charge in [-0.15, -0.1) is 0 Å². The number of amides is 1. The Morgan fingerprint density at radius 3 is 2.61 bits per heavy atom. The summed E-state index contributed by atoms with van der Waals surface area (Å²) in [4.78, 5) is 20.3. The van der Waals surface area contributed by atoms with E-state index in [4.69, 9.17) is 16.1 Å². The molecule has 2 atom stereocenters. The third-order valence-electron chi connectivity index (χ3n) is 6.72. The predicted octanol–water partition coefficient (Wildman–Crippen LogP) is 5.82. The van der Waals surface area contributed by atoms with Crippen LogP contribution in [0.2, 0.25) is 5.02 Å². The number of nitrogens with zero attached hydrogens (tertiary/aromatic N) is 3. The van der Waals surface area contributed by atoms with Crippen molar-refractivity contribution in [1.82, 2.24) is 20.4 Å². The molecule has 1 fully saturated rings. The van der Waals surface area contributed by atoms with Crippen molar-refractivity contribution in [2.75, 3.05) is 13.1 Å². The first kappa shape index (κ1) is 24.2. The fourth-order valence-electron chi connectivity index (χ4n) is 4.80. The van der Waals surface area contributed by atoms with E-state index in [0.717, 1.165) is 41.6 Å². The molecular weight excluding hydrogens is 472 g/mol. The topological polar surface area (TPSA) is 71.3 Å². The summed E-state index contributed by atoms with van der Waals surface area (Å²) >= 11 is 5.98. The van der Waals surface area contributed by atoms with Crippen LogP contribution in [0, 0.1) is 12.8 Å². The monoisotopic (exact) mass is 500 g/mol. The molecule has 7 heteroatoms. The highest BCUT2D eigenvalue weighted by molar-refractivity contribution is 6.30. The number of piperidine rings is 1. The van der Waals surface area contributed by atoms with Crippen LogP contribution in [0.5, 0.6) is 0 Å². The Morgan fingerprint density at radius 1 is 1.08 bits per heavy atom. The number of halogens is 1. The number of nitrogens with one attached hydrogen (secondary N) is 1. The van der Waals surface area contributed by atoms with Crippen molar-refractivity contribution < 1.29 is 9.32 Å². The standard InChI is InChI=1S/C29H29ClN4O2/c1-20-8-5-6-12-25(20)27(21-9-3-2-4-10-21)32-29(35)23-11-7-17-34(18-23)19-26-31-28(33-36-26)22-13-15-24(30)16-14-22/h2-6,8-10,12-16,23,27H,7,11,17-19H2,1H3,(H,32,35). The maximum absolute atomic E-state index is 13.5. The number of hydrogen-bond acceptors (Lipinski definition) is 5. The van der Waals surface area contributed by atoms with E-state index in [0.29, 0.717) is 29.8 Å². The van der Waals surface area contributed by atoms with Crippen molar-refractivity contribution in [2.24, 2.45) is 5.92 Å². The van der Waals surface area contributed by atoms with Gasteiger partial charge in [-0.05, 0) is 67.3 Å². The average molecular weight is 501 g/mol. The largest absolute Gasteiger partial charge is 0.345 e. The number of carbonyl (C=O) groups is 1. The van der Waals surface area contributed by atoms with E-state index in [2.05, 4.69) is 51.5 Å². The summed E-state index contributed by atoms with van der Waals surface area (Å²) in [5.41, 5.74) is 4.21. The molecule has 3 aromatic carbocycles. The number of rotatable bonds is 7. The zero-order valence-corrected chi connectivity index (χ0v) is 21.0. The number of aromatic nitrogens is 2. The third-order valence-corrected chi connectivity index (χ3v) is 6.98. The van der Waals surface area contributed by atoms with Gasteiger partial charge in [0.05, 0.1) is 18.5 Å². The molecule has 1 aliphatic rings. The van der Waals surface area contributed by atoms with Crippen LogP contribution in [-0.2, 0) is 11.3 Å². The van der Waals surface area contributed by atoms with Crippen LogP contribution in [0.25, 0.3) is 11.4 Å². The molecule has 36 heavy (non-hydrogen) atoms. The van der Waals surface area contributed by atoms with Crippen molar-refractivity contribution in [3.8, 4) is 11.4 Å². The maximum Gasteiger partial charge on any atom is 0.241 e. The molecule has 0 bridgehead atoms. The molecule has 6 nitrogen and oxygen atoms in total. The summed E-state index contributed by atoms with van der Waals surface area (Å²) < 4.78 is 5.50. The minimum Gasteiger partial charge on any atom is -0.345 e. The first-order valence-corrected chi connectivity index (χ1v) is 12.7. The fourth-order valence-corrected chi connectivity index (χ4v) is 4.92. The molecule has 0 aliphatic carbocycles. The molecule has 1 aromatic heterocycles. The first-order chi connectivity index (χ1) is 17.6. The molecule has 2 unspecified atom stereocenters. The third kappa shape index (κ3) is 5.66. The van der Waals surface area contributed by atoms with Gasteiger partial charge in [0.15, 0.2) is 0 Å². The second-order valence-corrected chi connectivity index (χ2v) is 9.74. The van der Waals surface area contributed by atoms with E-state index >= 15 is 0 Å². The smallest absolute Gasteiger partial charge is 0.241 e. The van der Waals surface area contributed by atoms with Crippen LogP contribution >= 0.6 is 11.6 Å². The Labute approximate surface area is 216 Å². The summed E-state index contributed by atoms with van der Waals surface area (Å²) in [5.74, 6) is 1.05. The van der Waals surface area contributed by atoms with Crippen LogP contribution in [0.3, 0.4) is 0 Å². The van der Waals surface area contributed by atoms with Gasteiger partial charge in [0, 0.05) is 17.1 Å². The van der Waals surface area contributed by atoms with Gasteiger partial charge in [-0.3, -0.25) is 9.69 Å². The molecule has 5 rings (SSSR count). The molecule has 4 aromatic rings. The fraction of sp³-hybridized carbons (Fsp3) is 0.276. The van der Waals surface area contributed by atoms with E-state index in [1.807, 2.05) is 42.5 Å². The van der Waals surface area contributed by atoms with Gasteiger partial charge >= 0.3 is 0 Å². The lowest BCUT2D eigenvalue weighted by Crippen LogP contribution is -2.44. The molecule has 1 amide bonds. The lowest BCUT2D eigenvalue weighted by Gasteiger charge is -2.32. The van der Waals surface area contributed by atoms with Gasteiger partial charge in [-0.25, -0.2) is 0 Å². The first-order valence-electron chi connectivity index (χ1n) is 12.3. The Kier molecular flexibility index (Phi) is 7.44. The molecular formula is C29H29ClN4O2. The number of benzene rings is 3. The molecule has 0 radical (unpaired) electrons. The highest BCUT2D eigenvalue weighted by Gasteiger charge is 2.29. The second kappa shape index (κ2) is 11.1. The normalized spacial score (nSPS) is 17.0. The van der Waals surface area contributed by atoms with Crippen molar-refractivity contribution in [3.05, 3.63) is 106 Å². The Morgan fingerprint density at radius 2 is 1.83 bits per heavy atom. The molecule has 1 saturated heterocycles. The molecule has 184 valence electrons. The van der Waals surface area contributed by atoms with E-state index in [1.165, 1.54) is 0 Å². The van der Waals surface area contributed by atoms with Crippen LogP contribution < -0.4 is 5.32 Å². The highest BCUT2D eigenvalue weighted by atomic mass is 35.5. The van der Waals surface area contributed by atoms with Crippen molar-refractivity contribution in [2.45, 2.75) is 32.4 Å². The number of carbonyl (C=O) groups excluding carboxylic acids is 1. The second-order valence-electron chi connectivity index (χ2n) is 9.30. The van der Waals surface area contributed by atoms with Crippen LogP contribution in [0.15, 0.2) is 83.4 Å². The zero-order valence-electron chi connectivity index (χ0n) is 20.2. The van der Waals surface area contributed by atoms with Crippen molar-refractivity contribution in [1.29, 1.82) is 0 Å². The number of hydrogen-bond donors (Lipinski definition) is 1. The molecule has 1 aliphatic heterocycles. The minimum atomic E-state index is -0.187. The SMILES string of the molecule is Cc1ccccc1C(NC(=O)C1CCCN(Cc2nc(-c3ccc(Cl)cc3)no2)C1)c1ccccc1. The summed E-state index contributed by atoms with van der Waals surface area (Å²) in [6.45, 7) is 4.15. The van der Waals surface area contributed by atoms with Crippen molar-refractivity contribution in [3.63, 3.8) is 0 Å². The lowest BCUT2D eigenvalue weighted by atomic mass is 9.92. The molecule has 0 saturated carbocycles. The van der Waals surface area contributed by atoms with Crippen molar-refractivity contribution >= 4 is 17.5 Å². The van der Waals surface area contributed by atoms with Gasteiger partial charge in [-0.1, -0.05) is 71.4 Å². The molecule has 1 N–H and O–H groups in total. The van der Waals surface area contributed by atoms with E-state index < -0.39 is 0 Å². The van der Waals surface area contributed by atoms with Gasteiger partial charge in [-0.2, -0.15) is 4.98 Å². The van der Waals surface area contributed by atoms with E-state index in [1.54, 1.807) is 12.1 Å². The summed E-state index contributed by atoms with van der Waals surface area (Å²) in [6, 6.07) is 25.5. The van der Waals surface area contributed by atoms with Crippen LogP contribution in [0.1, 0.15) is 41.5 Å². The predicted molar refractivity (Wildman–Crippen MR) is 140 cm³/mol. The maximum atomic E-state index is 13.5. The Balaban J connectivity index is 1.26. The van der Waals surface area contributed by atoms with Gasteiger partial charge < -0.3 is 9.84 Å². The average Bonchev–Trinajstić information content (AvgIpc) is 3.37. The zero-order chi connectivity index (χ0) is 24.9. The summed E-state index contributed by atoms with van der Waals surface area (Å²) in [6.07, 6.45) is 1.80. The Hall–Kier alpha value is -3.48. The van der Waals surface area contributed by atoms with Crippen LogP contribution in [0.4, 0.5) is 0 Å². The number of aryl methyl sites for hydroxylation is 1.